The Balaban J connectivity index is 1.48. The minimum Gasteiger partial charge on any atom is -0.366 e. The fourth-order valence-electron chi connectivity index (χ4n) is 5.56. The van der Waals surface area contributed by atoms with E-state index in [4.69, 9.17) is 10.7 Å². The summed E-state index contributed by atoms with van der Waals surface area (Å²) in [5, 5.41) is 4.43. The van der Waals surface area contributed by atoms with Crippen molar-refractivity contribution in [2.24, 2.45) is 12.8 Å². The normalized spacial score (nSPS) is 22.1. The summed E-state index contributed by atoms with van der Waals surface area (Å²) < 4.78 is 33.3. The van der Waals surface area contributed by atoms with Gasteiger partial charge in [0, 0.05) is 43.3 Å². The summed E-state index contributed by atoms with van der Waals surface area (Å²) in [6.45, 7) is 3.07. The quantitative estimate of drug-likeness (QED) is 0.468. The molecule has 182 valence electrons. The zero-order valence-corrected chi connectivity index (χ0v) is 19.6. The highest BCUT2D eigenvalue weighted by Gasteiger charge is 2.30. The summed E-state index contributed by atoms with van der Waals surface area (Å²) in [5.74, 6) is 0.445. The van der Waals surface area contributed by atoms with Crippen LogP contribution >= 0.6 is 0 Å². The van der Waals surface area contributed by atoms with Crippen LogP contribution in [0.5, 0.6) is 0 Å². The van der Waals surface area contributed by atoms with Gasteiger partial charge in [0.25, 0.3) is 5.91 Å². The van der Waals surface area contributed by atoms with Crippen LogP contribution in [0, 0.1) is 5.82 Å². The van der Waals surface area contributed by atoms with E-state index in [0.29, 0.717) is 16.9 Å². The van der Waals surface area contributed by atoms with Gasteiger partial charge >= 0.3 is 0 Å². The van der Waals surface area contributed by atoms with Crippen LogP contribution in [0.2, 0.25) is 0 Å². The molecular formula is C25H27F2N7O. The number of rotatable bonds is 3. The van der Waals surface area contributed by atoms with E-state index in [9.17, 15) is 9.18 Å². The molecule has 35 heavy (non-hydrogen) atoms. The molecule has 4 aromatic rings. The molecule has 0 aliphatic carbocycles. The average molecular weight is 480 g/mol. The molecule has 1 saturated heterocycles. The van der Waals surface area contributed by atoms with Crippen molar-refractivity contribution in [3.63, 3.8) is 0 Å². The predicted molar refractivity (Wildman–Crippen MR) is 131 cm³/mol. The van der Waals surface area contributed by atoms with Crippen molar-refractivity contribution < 1.29 is 13.6 Å². The lowest BCUT2D eigenvalue weighted by atomic mass is 10.0. The molecule has 1 fully saturated rings. The number of anilines is 1. The lowest BCUT2D eigenvalue weighted by molar-refractivity contribution is 0.0606. The van der Waals surface area contributed by atoms with Gasteiger partial charge in [0.05, 0.1) is 29.3 Å². The average Bonchev–Trinajstić information content (AvgIpc) is 3.38. The second-order valence-corrected chi connectivity index (χ2v) is 9.56. The third-order valence-electron chi connectivity index (χ3n) is 7.21. The first-order valence-electron chi connectivity index (χ1n) is 11.9. The van der Waals surface area contributed by atoms with Crippen molar-refractivity contribution in [2.75, 3.05) is 25.0 Å². The molecule has 1 aromatic carbocycles. The molecule has 3 N–H and O–H groups in total. The number of amides is 1. The number of hydrogen-bond acceptors (Lipinski definition) is 5. The molecule has 3 atom stereocenters. The summed E-state index contributed by atoms with van der Waals surface area (Å²) in [5.41, 5.74) is 8.61. The monoisotopic (exact) mass is 479 g/mol. The van der Waals surface area contributed by atoms with Crippen molar-refractivity contribution in [2.45, 2.75) is 38.0 Å². The Morgan fingerprint density at radius 2 is 2.09 bits per heavy atom. The first-order chi connectivity index (χ1) is 16.9. The number of hydrogen-bond donors (Lipinski definition) is 2. The number of imidazole rings is 1. The zero-order valence-electron chi connectivity index (χ0n) is 19.6. The number of nitrogens with one attached hydrogen (secondary N) is 1. The number of pyridine rings is 1. The Bertz CT molecular complexity index is 1470. The van der Waals surface area contributed by atoms with Crippen LogP contribution in [0.4, 0.5) is 14.6 Å². The smallest absolute Gasteiger partial charge is 0.254 e. The van der Waals surface area contributed by atoms with Crippen molar-refractivity contribution in [1.29, 1.82) is 0 Å². The number of nitrogens with zero attached hydrogens (tertiary/aromatic N) is 5. The molecule has 0 saturated carbocycles. The third-order valence-corrected chi connectivity index (χ3v) is 7.21. The molecule has 2 aliphatic heterocycles. The van der Waals surface area contributed by atoms with Gasteiger partial charge in [0.15, 0.2) is 11.6 Å². The van der Waals surface area contributed by atoms with Gasteiger partial charge < -0.3 is 25.1 Å². The van der Waals surface area contributed by atoms with Gasteiger partial charge in [-0.2, -0.15) is 0 Å². The lowest BCUT2D eigenvalue weighted by Crippen LogP contribution is -2.50. The van der Waals surface area contributed by atoms with Gasteiger partial charge in [-0.25, -0.2) is 18.7 Å². The Morgan fingerprint density at radius 3 is 2.86 bits per heavy atom. The van der Waals surface area contributed by atoms with E-state index in [2.05, 4.69) is 27.9 Å². The molecule has 10 heteroatoms. The van der Waals surface area contributed by atoms with Crippen LogP contribution in [0.1, 0.15) is 36.2 Å². The molecular weight excluding hydrogens is 452 g/mol. The number of nitrogens with two attached hydrogens (primary N) is 1. The molecule has 5 heterocycles. The fourth-order valence-corrected chi connectivity index (χ4v) is 5.56. The number of likely N-dealkylation sites (tertiary alicyclic amines) is 1. The number of aryl methyl sites for hydroxylation is 1. The van der Waals surface area contributed by atoms with Gasteiger partial charge in [-0.15, -0.1) is 0 Å². The van der Waals surface area contributed by atoms with E-state index in [1.165, 1.54) is 11.0 Å². The van der Waals surface area contributed by atoms with Gasteiger partial charge in [-0.05, 0) is 37.1 Å². The highest BCUT2D eigenvalue weighted by molar-refractivity contribution is 5.99. The Hall–Kier alpha value is -3.53. The molecule has 0 bridgehead atoms. The first-order valence-corrected chi connectivity index (χ1v) is 11.9. The maximum absolute atomic E-state index is 15.4. The molecule has 8 nitrogen and oxygen atoms in total. The van der Waals surface area contributed by atoms with Gasteiger partial charge in [-0.1, -0.05) is 6.92 Å². The molecule has 0 spiro atoms. The highest BCUT2D eigenvalue weighted by atomic mass is 19.1. The maximum Gasteiger partial charge on any atom is 0.254 e. The summed E-state index contributed by atoms with van der Waals surface area (Å²) in [7, 11) is 1.78. The largest absolute Gasteiger partial charge is 0.366 e. The predicted octanol–water partition coefficient (Wildman–Crippen LogP) is 3.62. The number of alkyl halides is 1. The summed E-state index contributed by atoms with van der Waals surface area (Å²) in [6, 6.07) is 6.57. The van der Waals surface area contributed by atoms with Crippen molar-refractivity contribution in [3.05, 3.63) is 41.8 Å². The first kappa shape index (κ1) is 22.0. The van der Waals surface area contributed by atoms with E-state index in [0.717, 1.165) is 35.4 Å². The molecule has 1 amide bonds. The van der Waals surface area contributed by atoms with Crippen LogP contribution in [-0.4, -0.2) is 61.8 Å². The maximum atomic E-state index is 15.4. The van der Waals surface area contributed by atoms with Crippen molar-refractivity contribution >= 4 is 33.7 Å². The highest BCUT2D eigenvalue weighted by Crippen LogP contribution is 2.38. The minimum atomic E-state index is -1.18. The van der Waals surface area contributed by atoms with Crippen LogP contribution < -0.4 is 11.1 Å². The number of carbonyl (C=O) groups excluding carboxylic acids is 1. The van der Waals surface area contributed by atoms with Gasteiger partial charge in [0.1, 0.15) is 17.5 Å². The summed E-state index contributed by atoms with van der Waals surface area (Å²) >= 11 is 0. The van der Waals surface area contributed by atoms with E-state index in [1.807, 2.05) is 6.07 Å². The van der Waals surface area contributed by atoms with Gasteiger partial charge in [0.2, 0.25) is 0 Å². The number of benzene rings is 1. The number of aromatic nitrogens is 4. The van der Waals surface area contributed by atoms with Crippen LogP contribution in [0.25, 0.3) is 33.5 Å². The SMILES string of the molecule is CCC1CNc2nccc3cc(-c4nc5cc(C(=O)N6C[C@H](N)C[C@@H](F)C6)cc(F)c5n4C)n1c23. The molecule has 6 rings (SSSR count). The zero-order chi connectivity index (χ0) is 24.4. The Morgan fingerprint density at radius 1 is 1.26 bits per heavy atom. The van der Waals surface area contributed by atoms with E-state index in [1.54, 1.807) is 23.9 Å². The second kappa shape index (κ2) is 8.01. The van der Waals surface area contributed by atoms with Crippen LogP contribution in [-0.2, 0) is 7.05 Å². The van der Waals surface area contributed by atoms with Crippen molar-refractivity contribution in [1.82, 2.24) is 24.0 Å². The molecule has 3 aromatic heterocycles. The lowest BCUT2D eigenvalue weighted by Gasteiger charge is -2.33. The van der Waals surface area contributed by atoms with E-state index in [-0.39, 0.29) is 31.1 Å². The topological polar surface area (TPSA) is 94.0 Å². The Kier molecular flexibility index (Phi) is 5.03. The van der Waals surface area contributed by atoms with E-state index < -0.39 is 23.9 Å². The number of halogens is 2. The standard InChI is InChI=1S/C25H27F2N7O/c1-3-17-10-30-23-21-13(4-5-29-23)8-20(34(17)21)24-31-19-7-14(6-18(27)22(19)32(24)2)25(35)33-11-15(26)9-16(28)12-33/h4-8,15-17H,3,9-12,28H2,1-2H3,(H,29,30)/t15-,16-,17?/m1/s1. The van der Waals surface area contributed by atoms with E-state index >= 15 is 4.39 Å². The van der Waals surface area contributed by atoms with Crippen LogP contribution in [0.3, 0.4) is 0 Å². The molecule has 2 aliphatic rings. The molecule has 1 unspecified atom stereocenters. The fraction of sp³-hybridized carbons (Fsp3) is 0.400. The summed E-state index contributed by atoms with van der Waals surface area (Å²) in [4.78, 5) is 23.7. The van der Waals surface area contributed by atoms with Crippen molar-refractivity contribution in [3.8, 4) is 11.5 Å². The number of piperidine rings is 1. The minimum absolute atomic E-state index is 0.0391. The number of fused-ring (bicyclic) bond motifs is 1. The second-order valence-electron chi connectivity index (χ2n) is 9.56. The van der Waals surface area contributed by atoms with Gasteiger partial charge in [-0.3, -0.25) is 4.79 Å². The third kappa shape index (κ3) is 3.38. The summed E-state index contributed by atoms with van der Waals surface area (Å²) in [6.07, 6.45) is 1.72. The number of carbonyl (C=O) groups is 1. The van der Waals surface area contributed by atoms with Crippen LogP contribution in [0.15, 0.2) is 30.5 Å². The molecule has 0 radical (unpaired) electrons. The Labute approximate surface area is 200 Å².